The third-order valence-corrected chi connectivity index (χ3v) is 5.77. The number of carbonyl (C=O) groups is 2. The summed E-state index contributed by atoms with van der Waals surface area (Å²) >= 11 is 1.36. The highest BCUT2D eigenvalue weighted by Crippen LogP contribution is 2.25. The van der Waals surface area contributed by atoms with Gasteiger partial charge in [-0.1, -0.05) is 17.8 Å². The Morgan fingerprint density at radius 1 is 1.20 bits per heavy atom. The summed E-state index contributed by atoms with van der Waals surface area (Å²) in [5, 5.41) is 3.63. The monoisotopic (exact) mass is 422 g/mol. The number of hydrogen-bond donors (Lipinski definition) is 1. The van der Waals surface area contributed by atoms with Gasteiger partial charge in [0.25, 0.3) is 0 Å². The molecule has 2 aromatic carbocycles. The molecule has 0 unspecified atom stereocenters. The van der Waals surface area contributed by atoms with Crippen LogP contribution in [0.5, 0.6) is 5.75 Å². The Bertz CT molecular complexity index is 1050. The first-order valence-corrected chi connectivity index (χ1v) is 10.6. The highest BCUT2D eigenvalue weighted by molar-refractivity contribution is 7.99. The Hall–Kier alpha value is -3.26. The van der Waals surface area contributed by atoms with Crippen LogP contribution in [0.1, 0.15) is 12.8 Å². The second kappa shape index (κ2) is 9.04. The van der Waals surface area contributed by atoms with Gasteiger partial charge in [-0.05, 0) is 48.9 Å². The Morgan fingerprint density at radius 3 is 2.77 bits per heavy atom. The van der Waals surface area contributed by atoms with Crippen LogP contribution < -0.4 is 15.0 Å². The largest absolute Gasteiger partial charge is 0.497 e. The topological polar surface area (TPSA) is 76.5 Å². The number of nitrogens with one attached hydrogen (secondary N) is 1. The maximum atomic E-state index is 12.5. The minimum absolute atomic E-state index is 0.124. The molecule has 1 aliphatic heterocycles. The molecule has 1 N–H and O–H groups in total. The van der Waals surface area contributed by atoms with E-state index in [1.165, 1.54) is 11.8 Å². The Morgan fingerprint density at radius 2 is 2.03 bits per heavy atom. The number of nitrogens with zero attached hydrogens (tertiary/aromatic N) is 3. The van der Waals surface area contributed by atoms with Gasteiger partial charge in [0.15, 0.2) is 5.16 Å². The lowest BCUT2D eigenvalue weighted by atomic mass is 10.2. The average molecular weight is 423 g/mol. The van der Waals surface area contributed by atoms with E-state index in [4.69, 9.17) is 4.74 Å². The predicted octanol–water partition coefficient (Wildman–Crippen LogP) is 3.74. The van der Waals surface area contributed by atoms with Crippen molar-refractivity contribution in [2.75, 3.05) is 29.6 Å². The lowest BCUT2D eigenvalue weighted by Crippen LogP contribution is -2.23. The van der Waals surface area contributed by atoms with Gasteiger partial charge in [-0.15, -0.1) is 0 Å². The number of thioether (sulfide) groups is 1. The highest BCUT2D eigenvalue weighted by atomic mass is 32.2. The quantitative estimate of drug-likeness (QED) is 0.587. The second-order valence-corrected chi connectivity index (χ2v) is 7.76. The second-order valence-electron chi connectivity index (χ2n) is 6.81. The van der Waals surface area contributed by atoms with Gasteiger partial charge in [0.2, 0.25) is 11.8 Å². The Balaban J connectivity index is 1.38. The molecule has 7 nitrogen and oxygen atoms in total. The number of methoxy groups -OCH3 is 1. The van der Waals surface area contributed by atoms with Crippen LogP contribution in [0.15, 0.2) is 66.1 Å². The molecule has 0 saturated carbocycles. The molecule has 2 amide bonds. The third-order valence-electron chi connectivity index (χ3n) is 4.80. The van der Waals surface area contributed by atoms with Crippen molar-refractivity contribution < 1.29 is 14.3 Å². The van der Waals surface area contributed by atoms with Crippen LogP contribution in [0.4, 0.5) is 11.4 Å². The normalized spacial score (nSPS) is 13.5. The number of amides is 2. The van der Waals surface area contributed by atoms with E-state index >= 15 is 0 Å². The van der Waals surface area contributed by atoms with Crippen LogP contribution >= 0.6 is 11.8 Å². The lowest BCUT2D eigenvalue weighted by molar-refractivity contribution is -0.117. The highest BCUT2D eigenvalue weighted by Gasteiger charge is 2.21. The van der Waals surface area contributed by atoms with E-state index in [9.17, 15) is 9.59 Å². The molecule has 3 aromatic rings. The summed E-state index contributed by atoms with van der Waals surface area (Å²) in [6, 6.07) is 15.0. The van der Waals surface area contributed by atoms with E-state index in [0.717, 1.165) is 35.2 Å². The smallest absolute Gasteiger partial charge is 0.234 e. The van der Waals surface area contributed by atoms with Crippen LogP contribution in [0.2, 0.25) is 0 Å². The summed E-state index contributed by atoms with van der Waals surface area (Å²) in [7, 11) is 1.63. The summed E-state index contributed by atoms with van der Waals surface area (Å²) in [6.45, 7) is 0.722. The van der Waals surface area contributed by atoms with Crippen LogP contribution in [-0.2, 0) is 9.59 Å². The zero-order chi connectivity index (χ0) is 20.9. The molecule has 1 saturated heterocycles. The van der Waals surface area contributed by atoms with Crippen molar-refractivity contribution in [3.63, 3.8) is 0 Å². The molecule has 0 radical (unpaired) electrons. The maximum Gasteiger partial charge on any atom is 0.234 e. The Labute approximate surface area is 179 Å². The van der Waals surface area contributed by atoms with Gasteiger partial charge in [-0.2, -0.15) is 0 Å². The van der Waals surface area contributed by atoms with Gasteiger partial charge >= 0.3 is 0 Å². The average Bonchev–Trinajstić information content (AvgIpc) is 3.41. The van der Waals surface area contributed by atoms with E-state index < -0.39 is 0 Å². The van der Waals surface area contributed by atoms with Crippen molar-refractivity contribution in [2.45, 2.75) is 18.0 Å². The number of anilines is 2. The van der Waals surface area contributed by atoms with Gasteiger partial charge in [0.05, 0.1) is 12.9 Å². The SMILES string of the molecule is COc1ccc(-n2ccnc2SCC(=O)Nc2cccc(N3CCCC3=O)c2)cc1. The van der Waals surface area contributed by atoms with E-state index in [0.29, 0.717) is 12.1 Å². The summed E-state index contributed by atoms with van der Waals surface area (Å²) < 4.78 is 7.12. The summed E-state index contributed by atoms with van der Waals surface area (Å²) in [4.78, 5) is 30.5. The van der Waals surface area contributed by atoms with Gasteiger partial charge < -0.3 is 15.0 Å². The fourth-order valence-electron chi connectivity index (χ4n) is 3.34. The molecule has 1 aliphatic rings. The fraction of sp³-hybridized carbons (Fsp3) is 0.227. The lowest BCUT2D eigenvalue weighted by Gasteiger charge is -2.16. The van der Waals surface area contributed by atoms with Crippen LogP contribution in [-0.4, -0.2) is 40.8 Å². The van der Waals surface area contributed by atoms with Crippen molar-refractivity contribution in [1.29, 1.82) is 0 Å². The predicted molar refractivity (Wildman–Crippen MR) is 117 cm³/mol. The number of benzene rings is 2. The zero-order valence-electron chi connectivity index (χ0n) is 16.6. The van der Waals surface area contributed by atoms with Crippen molar-refractivity contribution in [2.24, 2.45) is 0 Å². The molecule has 0 aliphatic carbocycles. The molecule has 154 valence electrons. The molecule has 30 heavy (non-hydrogen) atoms. The molecule has 0 atom stereocenters. The third kappa shape index (κ3) is 4.49. The van der Waals surface area contributed by atoms with Gasteiger partial charge in [-0.25, -0.2) is 4.98 Å². The van der Waals surface area contributed by atoms with Crippen LogP contribution in [0.25, 0.3) is 5.69 Å². The molecule has 4 rings (SSSR count). The Kier molecular flexibility index (Phi) is 6.04. The molecule has 0 bridgehead atoms. The van der Waals surface area contributed by atoms with Crippen LogP contribution in [0.3, 0.4) is 0 Å². The van der Waals surface area contributed by atoms with E-state index in [1.54, 1.807) is 18.2 Å². The fourth-order valence-corrected chi connectivity index (χ4v) is 4.11. The maximum absolute atomic E-state index is 12.5. The van der Waals surface area contributed by atoms with Crippen molar-refractivity contribution in [3.05, 3.63) is 60.9 Å². The van der Waals surface area contributed by atoms with Gasteiger partial charge in [0, 0.05) is 42.4 Å². The van der Waals surface area contributed by atoms with Crippen molar-refractivity contribution in [1.82, 2.24) is 9.55 Å². The van der Waals surface area contributed by atoms with Gasteiger partial charge in [-0.3, -0.25) is 14.2 Å². The standard InChI is InChI=1S/C22H22N4O3S/c1-29-19-9-7-17(8-10-19)26-13-11-23-22(26)30-15-20(27)24-16-4-2-5-18(14-16)25-12-3-6-21(25)28/h2,4-5,7-11,13-14H,3,6,12,15H2,1H3,(H,24,27). The summed E-state index contributed by atoms with van der Waals surface area (Å²) in [6.07, 6.45) is 5.01. The van der Waals surface area contributed by atoms with Crippen molar-refractivity contribution in [3.8, 4) is 11.4 Å². The minimum Gasteiger partial charge on any atom is -0.497 e. The van der Waals surface area contributed by atoms with E-state index in [1.807, 2.05) is 59.3 Å². The molecule has 2 heterocycles. The summed E-state index contributed by atoms with van der Waals surface area (Å²) in [5.41, 5.74) is 2.44. The molecular formula is C22H22N4O3S. The van der Waals surface area contributed by atoms with Crippen LogP contribution in [0, 0.1) is 0 Å². The minimum atomic E-state index is -0.130. The van der Waals surface area contributed by atoms with Gasteiger partial charge in [0.1, 0.15) is 5.75 Å². The first kappa shape index (κ1) is 20.0. The molecule has 0 spiro atoms. The molecule has 1 aromatic heterocycles. The number of hydrogen-bond acceptors (Lipinski definition) is 5. The van der Waals surface area contributed by atoms with E-state index in [-0.39, 0.29) is 17.6 Å². The number of imidazole rings is 1. The molecular weight excluding hydrogens is 400 g/mol. The number of aromatic nitrogens is 2. The molecule has 8 heteroatoms. The first-order chi connectivity index (χ1) is 14.6. The number of carbonyl (C=O) groups excluding carboxylic acids is 2. The zero-order valence-corrected chi connectivity index (χ0v) is 17.4. The van der Waals surface area contributed by atoms with E-state index in [2.05, 4.69) is 10.3 Å². The first-order valence-electron chi connectivity index (χ1n) is 9.65. The molecule has 1 fully saturated rings. The summed E-state index contributed by atoms with van der Waals surface area (Å²) in [5.74, 6) is 0.999. The number of ether oxygens (including phenoxy) is 1. The number of rotatable bonds is 7. The van der Waals surface area contributed by atoms with Crippen molar-refractivity contribution >= 4 is 35.0 Å².